The van der Waals surface area contributed by atoms with Crippen LogP contribution in [0.1, 0.15) is 5.82 Å². The minimum Gasteiger partial charge on any atom is -0.859 e. The number of hydrogen-bond donors (Lipinski definition) is 0. The third kappa shape index (κ3) is 5.23. The molecule has 0 spiro atoms. The number of pyridine rings is 1. The van der Waals surface area contributed by atoms with Crippen molar-refractivity contribution in [3.8, 4) is 17.3 Å². The predicted molar refractivity (Wildman–Crippen MR) is 90.3 cm³/mol. The van der Waals surface area contributed by atoms with Gasteiger partial charge in [0.15, 0.2) is 0 Å². The van der Waals surface area contributed by atoms with Crippen molar-refractivity contribution < 1.29 is 78.5 Å². The zero-order chi connectivity index (χ0) is 19.0. The van der Waals surface area contributed by atoms with Gasteiger partial charge >= 0.3 is 59.1 Å². The summed E-state index contributed by atoms with van der Waals surface area (Å²) in [6.07, 6.45) is 1.20. The normalized spacial score (nSPS) is 13.3. The smallest absolute Gasteiger partial charge is 0.859 e. The van der Waals surface area contributed by atoms with Gasteiger partial charge in [-0.3, -0.25) is 9.55 Å². The Kier molecular flexibility index (Phi) is 8.74. The van der Waals surface area contributed by atoms with Gasteiger partial charge in [0.1, 0.15) is 23.5 Å². The minimum atomic E-state index is -0.564. The molecule has 1 saturated heterocycles. The molecule has 140 valence electrons. The van der Waals surface area contributed by atoms with Crippen LogP contribution in [0.15, 0.2) is 36.5 Å². The summed E-state index contributed by atoms with van der Waals surface area (Å²) in [5, 5.41) is 30.8. The average molecular weight is 436 g/mol. The molecule has 8 nitrogen and oxygen atoms in total. The molecule has 1 aliphatic rings. The summed E-state index contributed by atoms with van der Waals surface area (Å²) in [6, 6.07) is 6.83. The van der Waals surface area contributed by atoms with Crippen molar-refractivity contribution in [2.24, 2.45) is 0 Å². The topological polar surface area (TPSA) is 102 Å². The van der Waals surface area contributed by atoms with Gasteiger partial charge in [-0.25, -0.2) is 4.39 Å². The van der Waals surface area contributed by atoms with E-state index in [2.05, 4.69) is 15.2 Å². The molecule has 0 saturated carbocycles. The van der Waals surface area contributed by atoms with Gasteiger partial charge in [0, 0.05) is 0 Å². The van der Waals surface area contributed by atoms with Crippen molar-refractivity contribution >= 4 is 17.5 Å². The number of nitrogens with zero attached hydrogens (tertiary/aromatic N) is 5. The fourth-order valence-electron chi connectivity index (χ4n) is 2.80. The maximum Gasteiger partial charge on any atom is 1.00 e. The molecule has 12 heteroatoms. The molecule has 0 aliphatic carbocycles. The number of halogens is 2. The van der Waals surface area contributed by atoms with Crippen LogP contribution in [0.3, 0.4) is 0 Å². The summed E-state index contributed by atoms with van der Waals surface area (Å²) in [5.41, 5.74) is 0.534. The van der Waals surface area contributed by atoms with E-state index in [1.165, 1.54) is 30.5 Å². The van der Waals surface area contributed by atoms with Crippen LogP contribution < -0.4 is 79.0 Å². The van der Waals surface area contributed by atoms with E-state index in [0.29, 0.717) is 30.5 Å². The maximum absolute atomic E-state index is 13.1. The number of ether oxygens (including phenoxy) is 1. The van der Waals surface area contributed by atoms with Crippen LogP contribution >= 0.6 is 11.6 Å². The molecule has 1 fully saturated rings. The van der Waals surface area contributed by atoms with Crippen molar-refractivity contribution in [2.75, 3.05) is 18.0 Å². The molecule has 0 N–H and O–H groups in total. The van der Waals surface area contributed by atoms with Crippen LogP contribution in [0.25, 0.3) is 5.69 Å². The van der Waals surface area contributed by atoms with Crippen molar-refractivity contribution in [1.29, 1.82) is 0 Å². The van der Waals surface area contributed by atoms with Crippen molar-refractivity contribution in [2.45, 2.75) is 12.7 Å². The summed E-state index contributed by atoms with van der Waals surface area (Å²) in [4.78, 5) is 5.59. The molecule has 0 unspecified atom stereocenters. The number of rotatable bonds is 5. The van der Waals surface area contributed by atoms with Gasteiger partial charge in [0.25, 0.3) is 0 Å². The van der Waals surface area contributed by atoms with E-state index in [1.807, 2.05) is 4.90 Å². The minimum absolute atomic E-state index is 0. The first kappa shape index (κ1) is 24.4. The third-order valence-electron chi connectivity index (χ3n) is 4.14. The SMILES string of the molecule is [Na+].[Na+].[O-]Cc1nnc(N2CC(Oc3ccc(F)cc3Cl)C2)n1-c1ccc([O-])nc1. The van der Waals surface area contributed by atoms with Crippen LogP contribution in [-0.2, 0) is 6.61 Å². The summed E-state index contributed by atoms with van der Waals surface area (Å²) in [6.45, 7) is 0.403. The Morgan fingerprint density at radius 2 is 1.93 bits per heavy atom. The Bertz CT molecular complexity index is 970. The molecular formula is C17H13ClFN5Na2O3. The number of anilines is 1. The van der Waals surface area contributed by atoms with Crippen LogP contribution in [0.2, 0.25) is 5.02 Å². The Hall–Kier alpha value is -0.910. The Balaban J connectivity index is 0.00000150. The molecule has 3 aromatic rings. The zero-order valence-electron chi connectivity index (χ0n) is 15.9. The second kappa shape index (κ2) is 10.4. The van der Waals surface area contributed by atoms with Crippen molar-refractivity contribution in [3.63, 3.8) is 0 Å². The van der Waals surface area contributed by atoms with Crippen molar-refractivity contribution in [1.82, 2.24) is 19.7 Å². The molecule has 2 aromatic heterocycles. The van der Waals surface area contributed by atoms with E-state index >= 15 is 0 Å². The standard InChI is InChI=1S/C17H14ClFN5O3.2Na/c18-13-5-10(19)1-3-14(13)27-12-7-23(8-12)17-22-21-15(9-25)24(17)11-2-4-16(26)20-6-11;;/h1-6,12H,7-9H2,(H,20,26);;/q-1;2*+1/p-1. The van der Waals surface area contributed by atoms with Gasteiger partial charge in [-0.1, -0.05) is 18.2 Å². The molecule has 0 amide bonds. The Morgan fingerprint density at radius 1 is 1.17 bits per heavy atom. The summed E-state index contributed by atoms with van der Waals surface area (Å²) in [5.74, 6) is 0.284. The molecular weight excluding hydrogens is 423 g/mol. The fourth-order valence-corrected chi connectivity index (χ4v) is 3.01. The first-order valence-electron chi connectivity index (χ1n) is 8.07. The van der Waals surface area contributed by atoms with E-state index in [1.54, 1.807) is 10.6 Å². The molecule has 3 heterocycles. The van der Waals surface area contributed by atoms with Gasteiger partial charge in [-0.05, 0) is 36.2 Å². The maximum atomic E-state index is 13.1. The van der Waals surface area contributed by atoms with Crippen LogP contribution in [0, 0.1) is 5.82 Å². The van der Waals surface area contributed by atoms with Crippen LogP contribution in [-0.4, -0.2) is 38.9 Å². The Labute approximate surface area is 215 Å². The third-order valence-corrected chi connectivity index (χ3v) is 4.43. The molecule has 0 bridgehead atoms. The first-order chi connectivity index (χ1) is 13.0. The fraction of sp³-hybridized carbons (Fsp3) is 0.235. The molecule has 4 rings (SSSR count). The summed E-state index contributed by atoms with van der Waals surface area (Å²) >= 11 is 5.98. The monoisotopic (exact) mass is 435 g/mol. The number of benzene rings is 1. The van der Waals surface area contributed by atoms with E-state index < -0.39 is 12.4 Å². The van der Waals surface area contributed by atoms with E-state index in [9.17, 15) is 14.6 Å². The van der Waals surface area contributed by atoms with Crippen molar-refractivity contribution in [3.05, 3.63) is 53.2 Å². The Morgan fingerprint density at radius 3 is 2.55 bits per heavy atom. The largest absolute Gasteiger partial charge is 1.00 e. The van der Waals surface area contributed by atoms with Gasteiger partial charge in [-0.2, -0.15) is 0 Å². The van der Waals surface area contributed by atoms with Gasteiger partial charge in [0.2, 0.25) is 5.95 Å². The number of aromatic nitrogens is 4. The quantitative estimate of drug-likeness (QED) is 0.369. The summed E-state index contributed by atoms with van der Waals surface area (Å²) in [7, 11) is 0. The van der Waals surface area contributed by atoms with Gasteiger partial charge < -0.3 is 19.8 Å². The van der Waals surface area contributed by atoms with Gasteiger partial charge in [-0.15, -0.1) is 10.2 Å². The van der Waals surface area contributed by atoms with E-state index in [-0.39, 0.29) is 81.9 Å². The zero-order valence-corrected chi connectivity index (χ0v) is 20.6. The molecule has 1 aliphatic heterocycles. The van der Waals surface area contributed by atoms with E-state index in [4.69, 9.17) is 16.3 Å². The predicted octanol–water partition coefficient (Wildman–Crippen LogP) is -5.34. The molecule has 0 radical (unpaired) electrons. The molecule has 0 atom stereocenters. The average Bonchev–Trinajstić information content (AvgIpc) is 3.03. The van der Waals surface area contributed by atoms with Crippen LogP contribution in [0.5, 0.6) is 11.6 Å². The first-order valence-corrected chi connectivity index (χ1v) is 8.45. The van der Waals surface area contributed by atoms with Gasteiger partial charge in [0.05, 0.1) is 30.0 Å². The summed E-state index contributed by atoms with van der Waals surface area (Å²) < 4.78 is 20.5. The second-order valence-electron chi connectivity index (χ2n) is 5.97. The van der Waals surface area contributed by atoms with E-state index in [0.717, 1.165) is 0 Å². The molecule has 1 aromatic carbocycles. The molecule has 29 heavy (non-hydrogen) atoms. The van der Waals surface area contributed by atoms with Crippen LogP contribution in [0.4, 0.5) is 10.3 Å². The number of hydrogen-bond acceptors (Lipinski definition) is 7. The second-order valence-corrected chi connectivity index (χ2v) is 6.38.